The van der Waals surface area contributed by atoms with E-state index < -0.39 is 0 Å². The summed E-state index contributed by atoms with van der Waals surface area (Å²) < 4.78 is 0. The maximum Gasteiger partial charge on any atom is 0.0468 e. The Morgan fingerprint density at radius 1 is 1.41 bits per heavy atom. The molecule has 0 spiro atoms. The van der Waals surface area contributed by atoms with Gasteiger partial charge < -0.3 is 5.73 Å². The minimum Gasteiger partial charge on any atom is -0.326 e. The smallest absolute Gasteiger partial charge is 0.0468 e. The second kappa shape index (κ2) is 6.26. The van der Waals surface area contributed by atoms with Crippen molar-refractivity contribution in [2.75, 3.05) is 13.1 Å². The summed E-state index contributed by atoms with van der Waals surface area (Å²) in [6.45, 7) is 4.15. The van der Waals surface area contributed by atoms with Crippen LogP contribution in [0.25, 0.3) is 0 Å². The van der Waals surface area contributed by atoms with Crippen LogP contribution in [-0.2, 0) is 0 Å². The maximum absolute atomic E-state index is 6.20. The van der Waals surface area contributed by atoms with E-state index in [9.17, 15) is 0 Å². The number of hydrogen-bond donors (Lipinski definition) is 1. The van der Waals surface area contributed by atoms with Gasteiger partial charge in [-0.15, -0.1) is 12.4 Å². The van der Waals surface area contributed by atoms with Gasteiger partial charge >= 0.3 is 0 Å². The third kappa shape index (κ3) is 3.49. The molecule has 0 bridgehead atoms. The van der Waals surface area contributed by atoms with E-state index >= 15 is 0 Å². The fraction of sp³-hybridized carbons (Fsp3) is 0.500. The summed E-state index contributed by atoms with van der Waals surface area (Å²) in [4.78, 5) is 2.36. The Kier molecular flexibility index (Phi) is 5.55. The van der Waals surface area contributed by atoms with Gasteiger partial charge in [0.05, 0.1) is 0 Å². The second-order valence-electron chi connectivity index (χ2n) is 4.39. The van der Waals surface area contributed by atoms with E-state index in [2.05, 4.69) is 11.8 Å². The topological polar surface area (TPSA) is 29.3 Å². The molecule has 1 fully saturated rings. The average Bonchev–Trinajstić information content (AvgIpc) is 2.64. The number of hydrogen-bond acceptors (Lipinski definition) is 2. The second-order valence-corrected chi connectivity index (χ2v) is 5.23. The lowest BCUT2D eigenvalue weighted by Gasteiger charge is -2.25. The Morgan fingerprint density at radius 2 is 2.12 bits per heavy atom. The lowest BCUT2D eigenvalue weighted by Crippen LogP contribution is -2.28. The van der Waals surface area contributed by atoms with E-state index in [0.29, 0.717) is 17.1 Å². The number of likely N-dealkylation sites (tertiary alicyclic amines) is 1. The average molecular weight is 296 g/mol. The summed E-state index contributed by atoms with van der Waals surface area (Å²) in [6, 6.07) is 6.28. The van der Waals surface area contributed by atoms with Crippen molar-refractivity contribution in [2.45, 2.75) is 25.4 Å². The molecule has 1 heterocycles. The minimum atomic E-state index is 0. The van der Waals surface area contributed by atoms with Crippen molar-refractivity contribution in [3.63, 3.8) is 0 Å². The zero-order valence-corrected chi connectivity index (χ0v) is 12.0. The predicted molar refractivity (Wildman–Crippen MR) is 76.3 cm³/mol. The van der Waals surface area contributed by atoms with Crippen LogP contribution in [0.15, 0.2) is 18.2 Å². The van der Waals surface area contributed by atoms with Crippen LogP contribution in [-0.4, -0.2) is 24.0 Å². The zero-order chi connectivity index (χ0) is 11.7. The molecule has 5 heteroatoms. The number of rotatable bonds is 2. The highest BCUT2D eigenvalue weighted by atomic mass is 35.5. The van der Waals surface area contributed by atoms with Gasteiger partial charge in [0.25, 0.3) is 0 Å². The fourth-order valence-electron chi connectivity index (χ4n) is 2.20. The van der Waals surface area contributed by atoms with E-state index in [1.165, 1.54) is 0 Å². The molecule has 1 aromatic rings. The molecular formula is C12H17Cl3N2. The molecular weight excluding hydrogens is 279 g/mol. The molecule has 17 heavy (non-hydrogen) atoms. The molecule has 96 valence electrons. The number of nitrogens with two attached hydrogens (primary N) is 1. The first-order valence-electron chi connectivity index (χ1n) is 5.52. The van der Waals surface area contributed by atoms with Gasteiger partial charge in [-0.1, -0.05) is 29.3 Å². The molecule has 2 atom stereocenters. The molecule has 2 unspecified atom stereocenters. The van der Waals surface area contributed by atoms with Crippen molar-refractivity contribution in [1.82, 2.24) is 4.90 Å². The van der Waals surface area contributed by atoms with Gasteiger partial charge in [0.15, 0.2) is 0 Å². The Balaban J connectivity index is 0.00000144. The Hall–Kier alpha value is 0.01000. The standard InChI is InChI=1S/C12H16Cl2N2.ClH/c1-8(16-5-4-10(15)7-16)11-3-2-9(13)6-12(11)14;/h2-3,6,8,10H,4-5,7,15H2,1H3;1H. The third-order valence-electron chi connectivity index (χ3n) is 3.22. The molecule has 2 nitrogen and oxygen atoms in total. The first-order chi connectivity index (χ1) is 7.58. The Labute approximate surface area is 118 Å². The quantitative estimate of drug-likeness (QED) is 0.904. The van der Waals surface area contributed by atoms with Gasteiger partial charge in [-0.2, -0.15) is 0 Å². The summed E-state index contributed by atoms with van der Waals surface area (Å²) in [7, 11) is 0. The van der Waals surface area contributed by atoms with Crippen LogP contribution >= 0.6 is 35.6 Å². The van der Waals surface area contributed by atoms with E-state index in [0.717, 1.165) is 30.1 Å². The number of benzene rings is 1. The Bertz CT molecular complexity index is 384. The third-order valence-corrected chi connectivity index (χ3v) is 3.78. The summed E-state index contributed by atoms with van der Waals surface area (Å²) in [5, 5.41) is 1.42. The first-order valence-corrected chi connectivity index (χ1v) is 6.28. The monoisotopic (exact) mass is 294 g/mol. The van der Waals surface area contributed by atoms with Crippen molar-refractivity contribution in [1.29, 1.82) is 0 Å². The first kappa shape index (κ1) is 15.1. The molecule has 0 radical (unpaired) electrons. The molecule has 0 aromatic heterocycles. The van der Waals surface area contributed by atoms with E-state index in [1.807, 2.05) is 12.1 Å². The van der Waals surface area contributed by atoms with E-state index in [1.54, 1.807) is 6.07 Å². The summed E-state index contributed by atoms with van der Waals surface area (Å²) in [5.74, 6) is 0. The lowest BCUT2D eigenvalue weighted by atomic mass is 10.1. The van der Waals surface area contributed by atoms with Gasteiger partial charge in [-0.05, 0) is 31.0 Å². The summed E-state index contributed by atoms with van der Waals surface area (Å²) >= 11 is 12.1. The lowest BCUT2D eigenvalue weighted by molar-refractivity contribution is 0.260. The zero-order valence-electron chi connectivity index (χ0n) is 9.70. The van der Waals surface area contributed by atoms with E-state index in [-0.39, 0.29) is 12.4 Å². The molecule has 2 rings (SSSR count). The largest absolute Gasteiger partial charge is 0.326 e. The normalized spacial score (nSPS) is 22.2. The van der Waals surface area contributed by atoms with Gasteiger partial charge in [0, 0.05) is 35.2 Å². The van der Waals surface area contributed by atoms with Crippen molar-refractivity contribution in [2.24, 2.45) is 5.73 Å². The van der Waals surface area contributed by atoms with Gasteiger partial charge in [0.1, 0.15) is 0 Å². The molecule has 0 saturated carbocycles. The van der Waals surface area contributed by atoms with Gasteiger partial charge in [-0.25, -0.2) is 0 Å². The highest BCUT2D eigenvalue weighted by molar-refractivity contribution is 6.35. The van der Waals surface area contributed by atoms with Crippen molar-refractivity contribution in [3.8, 4) is 0 Å². The van der Waals surface area contributed by atoms with Gasteiger partial charge in [0.2, 0.25) is 0 Å². The highest BCUT2D eigenvalue weighted by Gasteiger charge is 2.25. The molecule has 1 aliphatic heterocycles. The number of nitrogens with zero attached hydrogens (tertiary/aromatic N) is 1. The molecule has 0 amide bonds. The summed E-state index contributed by atoms with van der Waals surface area (Å²) in [6.07, 6.45) is 1.07. The summed E-state index contributed by atoms with van der Waals surface area (Å²) in [5.41, 5.74) is 7.03. The van der Waals surface area contributed by atoms with Crippen LogP contribution in [0.1, 0.15) is 24.9 Å². The predicted octanol–water partition coefficient (Wildman–Crippen LogP) is 3.51. The van der Waals surface area contributed by atoms with Gasteiger partial charge in [-0.3, -0.25) is 4.90 Å². The van der Waals surface area contributed by atoms with Crippen LogP contribution in [0.5, 0.6) is 0 Å². The molecule has 0 aliphatic carbocycles. The molecule has 1 saturated heterocycles. The highest BCUT2D eigenvalue weighted by Crippen LogP contribution is 2.31. The SMILES string of the molecule is CC(c1ccc(Cl)cc1Cl)N1CCC(N)C1.Cl. The molecule has 2 N–H and O–H groups in total. The Morgan fingerprint density at radius 3 is 2.65 bits per heavy atom. The minimum absolute atomic E-state index is 0. The van der Waals surface area contributed by atoms with Crippen LogP contribution in [0.3, 0.4) is 0 Å². The molecule has 1 aromatic carbocycles. The fourth-order valence-corrected chi connectivity index (χ4v) is 2.77. The van der Waals surface area contributed by atoms with Crippen LogP contribution in [0.4, 0.5) is 0 Å². The van der Waals surface area contributed by atoms with Crippen molar-refractivity contribution in [3.05, 3.63) is 33.8 Å². The molecule has 1 aliphatic rings. The maximum atomic E-state index is 6.20. The number of halogens is 3. The van der Waals surface area contributed by atoms with Crippen molar-refractivity contribution >= 4 is 35.6 Å². The van der Waals surface area contributed by atoms with E-state index in [4.69, 9.17) is 28.9 Å². The van der Waals surface area contributed by atoms with Crippen molar-refractivity contribution < 1.29 is 0 Å². The van der Waals surface area contributed by atoms with Crippen LogP contribution in [0, 0.1) is 0 Å². The van der Waals surface area contributed by atoms with Crippen LogP contribution in [0.2, 0.25) is 10.0 Å². The van der Waals surface area contributed by atoms with Crippen LogP contribution < -0.4 is 5.73 Å².